The van der Waals surface area contributed by atoms with Crippen molar-refractivity contribution in [2.45, 2.75) is 17.4 Å². The average Bonchev–Trinajstić information content (AvgIpc) is 2.51. The highest BCUT2D eigenvalue weighted by atomic mass is 35.5. The van der Waals surface area contributed by atoms with E-state index < -0.39 is 22.0 Å². The van der Waals surface area contributed by atoms with Crippen LogP contribution in [-0.4, -0.2) is 36.9 Å². The number of hydrogen-bond acceptors (Lipinski definition) is 3. The highest BCUT2D eigenvalue weighted by Crippen LogP contribution is 2.24. The smallest absolute Gasteiger partial charge is 0.322 e. The third kappa shape index (κ3) is 4.86. The molecule has 0 amide bonds. The number of likely N-dealkylation sites (N-methyl/N-ethyl adjacent to an activating group) is 1. The van der Waals surface area contributed by atoms with Gasteiger partial charge in [-0.3, -0.25) is 4.79 Å². The first-order valence-electron chi connectivity index (χ1n) is 7.02. The van der Waals surface area contributed by atoms with Crippen molar-refractivity contribution in [1.29, 1.82) is 0 Å². The summed E-state index contributed by atoms with van der Waals surface area (Å²) < 4.78 is 26.2. The lowest BCUT2D eigenvalue weighted by Gasteiger charge is -2.24. The molecule has 0 aliphatic heterocycles. The Morgan fingerprint density at radius 1 is 1.04 bits per heavy atom. The Morgan fingerprint density at radius 3 is 2.04 bits per heavy atom. The van der Waals surface area contributed by atoms with Crippen LogP contribution in [0.4, 0.5) is 0 Å². The first-order valence-corrected chi connectivity index (χ1v) is 9.60. The Morgan fingerprint density at radius 2 is 1.56 bits per heavy atom. The van der Waals surface area contributed by atoms with E-state index in [0.29, 0.717) is 20.6 Å². The molecule has 2 rings (SSSR count). The summed E-state index contributed by atoms with van der Waals surface area (Å²) >= 11 is 17.6. The summed E-state index contributed by atoms with van der Waals surface area (Å²) in [5.41, 5.74) is 0.517. The normalized spacial score (nSPS) is 13.0. The van der Waals surface area contributed by atoms with Crippen LogP contribution in [0.3, 0.4) is 0 Å². The van der Waals surface area contributed by atoms with Crippen LogP contribution < -0.4 is 0 Å². The van der Waals surface area contributed by atoms with Crippen molar-refractivity contribution in [3.05, 3.63) is 63.1 Å². The maximum absolute atomic E-state index is 12.7. The molecule has 1 N–H and O–H groups in total. The molecule has 0 unspecified atom stereocenters. The van der Waals surface area contributed by atoms with E-state index in [1.165, 1.54) is 37.4 Å². The van der Waals surface area contributed by atoms with Gasteiger partial charge in [0.2, 0.25) is 10.0 Å². The summed E-state index contributed by atoms with van der Waals surface area (Å²) in [6.45, 7) is 0. The minimum atomic E-state index is -4.01. The molecule has 0 saturated heterocycles. The number of halogens is 3. The number of benzene rings is 2. The van der Waals surface area contributed by atoms with E-state index in [1.807, 2.05) is 0 Å². The summed E-state index contributed by atoms with van der Waals surface area (Å²) in [7, 11) is -2.80. The molecule has 2 aromatic rings. The van der Waals surface area contributed by atoms with Crippen LogP contribution in [0.2, 0.25) is 15.1 Å². The molecule has 1 atom stereocenters. The fourth-order valence-corrected chi connectivity index (χ4v) is 4.27. The van der Waals surface area contributed by atoms with Gasteiger partial charge in [-0.1, -0.05) is 34.8 Å². The number of hydrogen-bond donors (Lipinski definition) is 1. The molecule has 9 heteroatoms. The first-order chi connectivity index (χ1) is 11.6. The lowest BCUT2D eigenvalue weighted by Crippen LogP contribution is -2.43. The molecule has 0 radical (unpaired) electrons. The molecule has 0 aliphatic rings. The van der Waals surface area contributed by atoms with E-state index in [-0.39, 0.29) is 11.3 Å². The minimum Gasteiger partial charge on any atom is -0.480 e. The maximum Gasteiger partial charge on any atom is 0.322 e. The largest absolute Gasteiger partial charge is 0.480 e. The number of carboxylic acid groups (broad SMARTS) is 1. The van der Waals surface area contributed by atoms with Gasteiger partial charge in [0.25, 0.3) is 0 Å². The quantitative estimate of drug-likeness (QED) is 0.764. The second-order valence-corrected chi connectivity index (χ2v) is 8.62. The average molecular weight is 423 g/mol. The number of nitrogens with zero attached hydrogens (tertiary/aromatic N) is 1. The number of rotatable bonds is 6. The zero-order valence-electron chi connectivity index (χ0n) is 13.0. The molecule has 5 nitrogen and oxygen atoms in total. The fraction of sp³-hybridized carbons (Fsp3) is 0.188. The predicted molar refractivity (Wildman–Crippen MR) is 98.0 cm³/mol. The summed E-state index contributed by atoms with van der Waals surface area (Å²) in [6.07, 6.45) is -0.0844. The van der Waals surface area contributed by atoms with E-state index in [2.05, 4.69) is 0 Å². The summed E-state index contributed by atoms with van der Waals surface area (Å²) in [5.74, 6) is -1.28. The standard InChI is InChI=1S/C16H14Cl3NO4S/c1-20(25(23,24)14-4-2-11(17)3-5-14)15(16(21)22)8-10-6-12(18)9-13(19)7-10/h2-7,9,15H,8H2,1H3,(H,21,22)/t15-/m0/s1. The van der Waals surface area contributed by atoms with E-state index in [4.69, 9.17) is 34.8 Å². The van der Waals surface area contributed by atoms with Crippen LogP contribution >= 0.6 is 34.8 Å². The van der Waals surface area contributed by atoms with Gasteiger partial charge in [-0.15, -0.1) is 0 Å². The third-order valence-corrected chi connectivity index (χ3v) is 6.14. The van der Waals surface area contributed by atoms with Gasteiger partial charge in [0.05, 0.1) is 4.90 Å². The van der Waals surface area contributed by atoms with Crippen molar-refractivity contribution < 1.29 is 18.3 Å². The van der Waals surface area contributed by atoms with Crippen molar-refractivity contribution in [2.24, 2.45) is 0 Å². The molecule has 2 aromatic carbocycles. The van der Waals surface area contributed by atoms with Crippen molar-refractivity contribution in [3.63, 3.8) is 0 Å². The van der Waals surface area contributed by atoms with Crippen molar-refractivity contribution >= 4 is 50.8 Å². The lowest BCUT2D eigenvalue weighted by molar-refractivity contribution is -0.141. The van der Waals surface area contributed by atoms with E-state index in [0.717, 1.165) is 4.31 Å². The second kappa shape index (κ2) is 7.93. The second-order valence-electron chi connectivity index (χ2n) is 5.31. The summed E-state index contributed by atoms with van der Waals surface area (Å²) in [6, 6.07) is 8.78. The molecule has 0 fully saturated rings. The highest BCUT2D eigenvalue weighted by Gasteiger charge is 2.33. The monoisotopic (exact) mass is 421 g/mol. The first kappa shape index (κ1) is 20.0. The number of aliphatic carboxylic acids is 1. The fourth-order valence-electron chi connectivity index (χ4n) is 2.26. The van der Waals surface area contributed by atoms with Gasteiger partial charge in [-0.05, 0) is 54.4 Å². The number of carbonyl (C=O) groups is 1. The Balaban J connectivity index is 2.35. The van der Waals surface area contributed by atoms with Crippen molar-refractivity contribution in [2.75, 3.05) is 7.05 Å². The SMILES string of the molecule is CN([C@@H](Cc1cc(Cl)cc(Cl)c1)C(=O)O)S(=O)(=O)c1ccc(Cl)cc1. The molecule has 0 spiro atoms. The molecular weight excluding hydrogens is 409 g/mol. The molecule has 0 aliphatic carbocycles. The Kier molecular flexibility index (Phi) is 6.35. The zero-order chi connectivity index (χ0) is 18.8. The van der Waals surface area contributed by atoms with Gasteiger partial charge in [-0.25, -0.2) is 8.42 Å². The van der Waals surface area contributed by atoms with Crippen molar-refractivity contribution in [1.82, 2.24) is 4.31 Å². The number of sulfonamides is 1. The number of carboxylic acids is 1. The zero-order valence-corrected chi connectivity index (χ0v) is 16.1. The van der Waals surface area contributed by atoms with E-state index >= 15 is 0 Å². The van der Waals surface area contributed by atoms with Crippen molar-refractivity contribution in [3.8, 4) is 0 Å². The molecule has 0 aromatic heterocycles. The molecule has 0 bridgehead atoms. The molecular formula is C16H14Cl3NO4S. The minimum absolute atomic E-state index is 0.0465. The van der Waals surface area contributed by atoms with Crippen LogP contribution in [0, 0.1) is 0 Å². The van der Waals surface area contributed by atoms with E-state index in [9.17, 15) is 18.3 Å². The molecule has 0 saturated carbocycles. The van der Waals surface area contributed by atoms with Gasteiger partial charge in [0, 0.05) is 22.1 Å². The lowest BCUT2D eigenvalue weighted by atomic mass is 10.1. The topological polar surface area (TPSA) is 74.7 Å². The van der Waals surface area contributed by atoms with Gasteiger partial charge in [-0.2, -0.15) is 4.31 Å². The van der Waals surface area contributed by atoms with Gasteiger partial charge in [0.1, 0.15) is 6.04 Å². The van der Waals surface area contributed by atoms with Crippen LogP contribution in [0.25, 0.3) is 0 Å². The summed E-state index contributed by atoms with van der Waals surface area (Å²) in [4.78, 5) is 11.6. The van der Waals surface area contributed by atoms with Crippen LogP contribution in [0.1, 0.15) is 5.56 Å². The third-order valence-electron chi connectivity index (χ3n) is 3.57. The molecule has 134 valence electrons. The van der Waals surface area contributed by atoms with Gasteiger partial charge in [0.15, 0.2) is 0 Å². The summed E-state index contributed by atoms with van der Waals surface area (Å²) in [5, 5.41) is 10.6. The van der Waals surface area contributed by atoms with Gasteiger partial charge < -0.3 is 5.11 Å². The highest BCUT2D eigenvalue weighted by molar-refractivity contribution is 7.89. The van der Waals surface area contributed by atoms with Crippen LogP contribution in [-0.2, 0) is 21.2 Å². The van der Waals surface area contributed by atoms with Gasteiger partial charge >= 0.3 is 5.97 Å². The molecule has 0 heterocycles. The maximum atomic E-state index is 12.7. The predicted octanol–water partition coefficient (Wildman–Crippen LogP) is 3.96. The molecule has 25 heavy (non-hydrogen) atoms. The van der Waals surface area contributed by atoms with Crippen LogP contribution in [0.5, 0.6) is 0 Å². The Hall–Kier alpha value is -1.31. The van der Waals surface area contributed by atoms with Crippen LogP contribution in [0.15, 0.2) is 47.4 Å². The Labute approximate surface area is 160 Å². The van der Waals surface area contributed by atoms with E-state index in [1.54, 1.807) is 12.1 Å². The Bertz CT molecular complexity index is 865.